The normalized spacial score (nSPS) is 13.6. The maximum Gasteiger partial charge on any atom is 0.329 e. The zero-order chi connectivity index (χ0) is 24.7. The van der Waals surface area contributed by atoms with Crippen molar-refractivity contribution in [2.45, 2.75) is 32.4 Å². The first-order valence-corrected chi connectivity index (χ1v) is 11.1. The van der Waals surface area contributed by atoms with Crippen molar-refractivity contribution in [1.29, 1.82) is 5.26 Å². The van der Waals surface area contributed by atoms with Gasteiger partial charge in [-0.3, -0.25) is 9.88 Å². The predicted octanol–water partition coefficient (Wildman–Crippen LogP) is 4.08. The summed E-state index contributed by atoms with van der Waals surface area (Å²) in [5.74, 6) is 0.330. The van der Waals surface area contributed by atoms with Crippen molar-refractivity contribution in [3.05, 3.63) is 71.9 Å². The maximum absolute atomic E-state index is 13.4. The van der Waals surface area contributed by atoms with Crippen LogP contribution in [0.4, 0.5) is 16.2 Å². The molecule has 35 heavy (non-hydrogen) atoms. The van der Waals surface area contributed by atoms with Crippen LogP contribution in [0.2, 0.25) is 0 Å². The Balaban J connectivity index is 1.67. The molecule has 0 bridgehead atoms. The minimum atomic E-state index is -0.639. The molecule has 4 heterocycles. The van der Waals surface area contributed by atoms with Crippen LogP contribution in [0.5, 0.6) is 0 Å². The quantitative estimate of drug-likeness (QED) is 0.482. The fourth-order valence-corrected chi connectivity index (χ4v) is 4.11. The fraction of sp³-hybridized carbons (Fsp3) is 0.231. The second-order valence-corrected chi connectivity index (χ2v) is 9.00. The lowest BCUT2D eigenvalue weighted by Crippen LogP contribution is -2.42. The number of hydrogen-bond acceptors (Lipinski definition) is 7. The third-order valence-corrected chi connectivity index (χ3v) is 6.18. The lowest BCUT2D eigenvalue weighted by molar-refractivity contribution is 0.213. The number of aliphatic hydroxyl groups excluding tert-OH is 1. The number of aliphatic hydroxyl groups is 1. The first-order valence-electron chi connectivity index (χ1n) is 11.1. The van der Waals surface area contributed by atoms with Crippen molar-refractivity contribution in [3.8, 4) is 17.3 Å². The van der Waals surface area contributed by atoms with E-state index < -0.39 is 5.41 Å². The van der Waals surface area contributed by atoms with Crippen LogP contribution >= 0.6 is 0 Å². The number of hydrogen-bond donors (Lipinski definition) is 1. The molecule has 1 aliphatic heterocycles. The van der Waals surface area contributed by atoms with Crippen molar-refractivity contribution in [1.82, 2.24) is 24.8 Å². The summed E-state index contributed by atoms with van der Waals surface area (Å²) in [6.45, 7) is 3.89. The summed E-state index contributed by atoms with van der Waals surface area (Å²) >= 11 is 0. The van der Waals surface area contributed by atoms with Gasteiger partial charge in [0.25, 0.3) is 0 Å². The Morgan fingerprint density at radius 2 is 1.77 bits per heavy atom. The third-order valence-electron chi connectivity index (χ3n) is 6.18. The number of carbonyl (C=O) groups excluding carboxylic acids is 1. The molecule has 0 saturated carbocycles. The molecule has 4 aromatic rings. The molecule has 2 amide bonds. The maximum atomic E-state index is 13.4. The van der Waals surface area contributed by atoms with E-state index >= 15 is 0 Å². The smallest absolute Gasteiger partial charge is 0.329 e. The summed E-state index contributed by atoms with van der Waals surface area (Å²) < 4.78 is 0. The summed E-state index contributed by atoms with van der Waals surface area (Å²) in [7, 11) is 1.75. The topological polar surface area (TPSA) is 119 Å². The molecule has 3 aromatic heterocycles. The largest absolute Gasteiger partial charge is 0.388 e. The van der Waals surface area contributed by atoms with Gasteiger partial charge >= 0.3 is 6.03 Å². The number of urea groups is 1. The minimum absolute atomic E-state index is 0.180. The molecule has 1 N–H and O–H groups in total. The molecule has 0 radical (unpaired) electrons. The highest BCUT2D eigenvalue weighted by molar-refractivity contribution is 6.08. The Morgan fingerprint density at radius 1 is 1.06 bits per heavy atom. The first kappa shape index (κ1) is 22.4. The zero-order valence-corrected chi connectivity index (χ0v) is 19.6. The number of aromatic nitrogens is 4. The SMILES string of the molecule is CN1Cc2cnc3ccc(-c4cnc(CO)nc4)nc3c2N(c2ccc(C(C)(C)C#N)cc2)C1=O. The van der Waals surface area contributed by atoms with E-state index in [0.717, 1.165) is 11.1 Å². The van der Waals surface area contributed by atoms with E-state index in [1.54, 1.807) is 35.4 Å². The number of nitriles is 1. The summed E-state index contributed by atoms with van der Waals surface area (Å²) in [4.78, 5) is 34.4. The highest BCUT2D eigenvalue weighted by Crippen LogP contribution is 2.39. The van der Waals surface area contributed by atoms with E-state index in [2.05, 4.69) is 21.0 Å². The second-order valence-electron chi connectivity index (χ2n) is 9.00. The number of rotatable bonds is 4. The van der Waals surface area contributed by atoms with Crippen LogP contribution in [-0.2, 0) is 18.6 Å². The fourth-order valence-electron chi connectivity index (χ4n) is 4.11. The van der Waals surface area contributed by atoms with Gasteiger partial charge in [-0.2, -0.15) is 5.26 Å². The summed E-state index contributed by atoms with van der Waals surface area (Å²) in [6.07, 6.45) is 5.01. The Kier molecular flexibility index (Phi) is 5.38. The van der Waals surface area contributed by atoms with Crippen LogP contribution in [-0.4, -0.2) is 43.0 Å². The number of benzene rings is 1. The molecule has 1 aromatic carbocycles. The predicted molar refractivity (Wildman–Crippen MR) is 131 cm³/mol. The van der Waals surface area contributed by atoms with Crippen molar-refractivity contribution in [3.63, 3.8) is 0 Å². The van der Waals surface area contributed by atoms with Gasteiger partial charge in [0.05, 0.1) is 40.6 Å². The van der Waals surface area contributed by atoms with E-state index in [1.807, 2.05) is 50.2 Å². The van der Waals surface area contributed by atoms with Crippen LogP contribution < -0.4 is 4.90 Å². The molecule has 1 aliphatic rings. The van der Waals surface area contributed by atoms with Crippen molar-refractivity contribution in [2.75, 3.05) is 11.9 Å². The van der Waals surface area contributed by atoms with Gasteiger partial charge in [-0.15, -0.1) is 0 Å². The molecule has 0 unspecified atom stereocenters. The van der Waals surface area contributed by atoms with Gasteiger partial charge in [-0.1, -0.05) is 12.1 Å². The Labute approximate surface area is 202 Å². The van der Waals surface area contributed by atoms with Crippen LogP contribution in [0.15, 0.2) is 55.0 Å². The van der Waals surface area contributed by atoms with E-state index in [0.29, 0.717) is 46.0 Å². The van der Waals surface area contributed by atoms with Crippen LogP contribution in [0, 0.1) is 11.3 Å². The van der Waals surface area contributed by atoms with E-state index in [1.165, 1.54) is 0 Å². The number of carbonyl (C=O) groups is 1. The standard InChI is InChI=1S/C26H23N7O2/c1-26(2,15-27)18-4-6-19(7-5-18)33-24-17(13-32(3)25(33)35)12-28-21-9-8-20(31-23(21)24)16-10-29-22(14-34)30-11-16/h4-12,34H,13-14H2,1-3H3. The molecule has 0 fully saturated rings. The number of fused-ring (bicyclic) bond motifs is 3. The van der Waals surface area contributed by atoms with Crippen LogP contribution in [0.3, 0.4) is 0 Å². The molecule has 0 spiro atoms. The van der Waals surface area contributed by atoms with Crippen LogP contribution in [0.1, 0.15) is 30.8 Å². The highest BCUT2D eigenvalue weighted by atomic mass is 16.3. The second kappa shape index (κ2) is 8.42. The van der Waals surface area contributed by atoms with Gasteiger partial charge in [0.15, 0.2) is 5.82 Å². The monoisotopic (exact) mass is 465 g/mol. The van der Waals surface area contributed by atoms with E-state index in [4.69, 9.17) is 4.98 Å². The first-order chi connectivity index (χ1) is 16.8. The molecule has 0 saturated heterocycles. The molecular weight excluding hydrogens is 442 g/mol. The molecule has 174 valence electrons. The van der Waals surface area contributed by atoms with E-state index in [-0.39, 0.29) is 12.6 Å². The number of anilines is 2. The molecule has 0 atom stereocenters. The van der Waals surface area contributed by atoms with Gasteiger partial charge in [-0.25, -0.2) is 19.7 Å². The van der Waals surface area contributed by atoms with Crippen molar-refractivity contribution < 1.29 is 9.90 Å². The Morgan fingerprint density at radius 3 is 2.43 bits per heavy atom. The van der Waals surface area contributed by atoms with Gasteiger partial charge < -0.3 is 10.0 Å². The van der Waals surface area contributed by atoms with Gasteiger partial charge in [-0.05, 0) is 43.7 Å². The molecular formula is C26H23N7O2. The van der Waals surface area contributed by atoms with Crippen molar-refractivity contribution >= 4 is 28.4 Å². The molecule has 9 heteroatoms. The number of pyridine rings is 2. The lowest BCUT2D eigenvalue weighted by atomic mass is 9.86. The van der Waals surface area contributed by atoms with E-state index in [9.17, 15) is 15.2 Å². The Bertz CT molecular complexity index is 1480. The van der Waals surface area contributed by atoms with Gasteiger partial charge in [0.1, 0.15) is 12.1 Å². The molecule has 9 nitrogen and oxygen atoms in total. The summed E-state index contributed by atoms with van der Waals surface area (Å²) in [6, 6.07) is 13.3. The zero-order valence-electron chi connectivity index (χ0n) is 19.6. The van der Waals surface area contributed by atoms with Crippen molar-refractivity contribution in [2.24, 2.45) is 0 Å². The Hall–Kier alpha value is -4.42. The lowest BCUT2D eigenvalue weighted by Gasteiger charge is -2.35. The minimum Gasteiger partial charge on any atom is -0.388 e. The summed E-state index contributed by atoms with van der Waals surface area (Å²) in [5.41, 5.74) is 5.03. The highest BCUT2D eigenvalue weighted by Gasteiger charge is 2.32. The number of amides is 2. The van der Waals surface area contributed by atoms with Gasteiger partial charge in [0.2, 0.25) is 0 Å². The average Bonchev–Trinajstić information content (AvgIpc) is 2.89. The summed E-state index contributed by atoms with van der Waals surface area (Å²) in [5, 5.41) is 18.7. The van der Waals surface area contributed by atoms with Gasteiger partial charge in [0, 0.05) is 36.8 Å². The average molecular weight is 466 g/mol. The van der Waals surface area contributed by atoms with Crippen LogP contribution in [0.25, 0.3) is 22.3 Å². The number of nitrogens with zero attached hydrogens (tertiary/aromatic N) is 7. The third kappa shape index (κ3) is 3.84. The molecule has 0 aliphatic carbocycles. The molecule has 5 rings (SSSR count).